The molecule has 0 spiro atoms. The predicted molar refractivity (Wildman–Crippen MR) is 104 cm³/mol. The van der Waals surface area contributed by atoms with Gasteiger partial charge in [0.05, 0.1) is 0 Å². The zero-order valence-corrected chi connectivity index (χ0v) is 15.2. The molecule has 132 valence electrons. The first-order valence-corrected chi connectivity index (χ1v) is 9.62. The molecule has 1 aromatic carbocycles. The van der Waals surface area contributed by atoms with E-state index < -0.39 is 0 Å². The van der Waals surface area contributed by atoms with E-state index in [1.165, 1.54) is 16.2 Å². The molecule has 0 saturated carbocycles. The summed E-state index contributed by atoms with van der Waals surface area (Å²) >= 11 is 1.51. The minimum absolute atomic E-state index is 0.0960. The van der Waals surface area contributed by atoms with E-state index in [2.05, 4.69) is 32.3 Å². The van der Waals surface area contributed by atoms with Gasteiger partial charge in [-0.15, -0.1) is 11.3 Å². The quantitative estimate of drug-likeness (QED) is 0.752. The molecule has 0 radical (unpaired) electrons. The Morgan fingerprint density at radius 1 is 1.19 bits per heavy atom. The molecule has 0 aliphatic carbocycles. The van der Waals surface area contributed by atoms with Gasteiger partial charge in [-0.25, -0.2) is 4.98 Å². The number of amides is 1. The lowest BCUT2D eigenvalue weighted by Gasteiger charge is -2.27. The first-order chi connectivity index (χ1) is 12.8. The van der Waals surface area contributed by atoms with Crippen LogP contribution in [0.1, 0.15) is 26.7 Å². The predicted octanol–water partition coefficient (Wildman–Crippen LogP) is 3.59. The third-order valence-electron chi connectivity index (χ3n) is 4.40. The second-order valence-electron chi connectivity index (χ2n) is 6.22. The van der Waals surface area contributed by atoms with Crippen molar-refractivity contribution >= 4 is 28.7 Å². The molecule has 3 aromatic rings. The van der Waals surface area contributed by atoms with E-state index in [-0.39, 0.29) is 5.91 Å². The van der Waals surface area contributed by atoms with E-state index >= 15 is 0 Å². The molecular formula is C20H20N4OS. The molecule has 3 heterocycles. The van der Waals surface area contributed by atoms with Crippen molar-refractivity contribution in [3.05, 3.63) is 70.3 Å². The van der Waals surface area contributed by atoms with Crippen LogP contribution in [-0.2, 0) is 12.8 Å². The largest absolute Gasteiger partial charge is 0.350 e. The maximum atomic E-state index is 12.5. The number of carbonyl (C=O) groups is 1. The number of aromatic nitrogens is 2. The number of benzene rings is 1. The van der Waals surface area contributed by atoms with Crippen LogP contribution in [-0.4, -0.2) is 29.0 Å². The van der Waals surface area contributed by atoms with E-state index in [1.54, 1.807) is 6.20 Å². The molecule has 1 aliphatic heterocycles. The van der Waals surface area contributed by atoms with Gasteiger partial charge in [0, 0.05) is 36.0 Å². The molecule has 5 nitrogen and oxygen atoms in total. The normalized spacial score (nSPS) is 13.3. The summed E-state index contributed by atoms with van der Waals surface area (Å²) in [5.74, 6) is 0.839. The van der Waals surface area contributed by atoms with Gasteiger partial charge in [-0.2, -0.15) is 0 Å². The monoisotopic (exact) mass is 364 g/mol. The van der Waals surface area contributed by atoms with Crippen LogP contribution in [0.25, 0.3) is 0 Å². The van der Waals surface area contributed by atoms with Gasteiger partial charge in [0.15, 0.2) is 5.01 Å². The van der Waals surface area contributed by atoms with Gasteiger partial charge < -0.3 is 10.2 Å². The van der Waals surface area contributed by atoms with Crippen molar-refractivity contribution in [3.8, 4) is 0 Å². The number of thiazole rings is 1. The zero-order chi connectivity index (χ0) is 17.8. The molecule has 0 unspecified atom stereocenters. The Morgan fingerprint density at radius 3 is 2.88 bits per heavy atom. The topological polar surface area (TPSA) is 58.1 Å². The Kier molecular flexibility index (Phi) is 4.93. The van der Waals surface area contributed by atoms with Gasteiger partial charge in [-0.1, -0.05) is 24.3 Å². The average Bonchev–Trinajstić information content (AvgIpc) is 3.14. The summed E-state index contributed by atoms with van der Waals surface area (Å²) in [5.41, 5.74) is 2.24. The lowest BCUT2D eigenvalue weighted by molar-refractivity contribution is 0.0954. The van der Waals surface area contributed by atoms with Crippen molar-refractivity contribution < 1.29 is 4.79 Å². The highest BCUT2D eigenvalue weighted by atomic mass is 32.1. The van der Waals surface area contributed by atoms with Crippen LogP contribution in [0.15, 0.2) is 54.9 Å². The number of hydrogen-bond acceptors (Lipinski definition) is 5. The summed E-state index contributed by atoms with van der Waals surface area (Å²) in [4.78, 5) is 24.6. The molecule has 2 aromatic heterocycles. The highest BCUT2D eigenvalue weighted by Gasteiger charge is 2.25. The standard InChI is InChI=1S/C20H20N4OS/c25-19(22-12-10-15-6-4-11-21-14-15)20-23-18-17(26-20)9-5-13-24(18)16-7-2-1-3-8-16/h1-4,6-8,11,14H,5,9-10,12-13H2,(H,22,25). The van der Waals surface area contributed by atoms with Crippen LogP contribution >= 0.6 is 11.3 Å². The van der Waals surface area contributed by atoms with Gasteiger partial charge in [0.2, 0.25) is 0 Å². The SMILES string of the molecule is O=C(NCCc1cccnc1)c1nc2c(s1)CCCN2c1ccccc1. The van der Waals surface area contributed by atoms with E-state index in [0.29, 0.717) is 11.6 Å². The average molecular weight is 364 g/mol. The number of fused-ring (bicyclic) bond motifs is 1. The fraction of sp³-hybridized carbons (Fsp3) is 0.250. The van der Waals surface area contributed by atoms with Gasteiger partial charge in [-0.3, -0.25) is 9.78 Å². The van der Waals surface area contributed by atoms with Crippen molar-refractivity contribution in [2.24, 2.45) is 0 Å². The van der Waals surface area contributed by atoms with Crippen molar-refractivity contribution in [2.45, 2.75) is 19.3 Å². The zero-order valence-electron chi connectivity index (χ0n) is 14.4. The number of nitrogens with one attached hydrogen (secondary N) is 1. The van der Waals surface area contributed by atoms with Crippen LogP contribution < -0.4 is 10.2 Å². The second-order valence-corrected chi connectivity index (χ2v) is 7.31. The molecule has 0 atom stereocenters. The number of carbonyl (C=O) groups excluding carboxylic acids is 1. The number of para-hydroxylation sites is 1. The highest BCUT2D eigenvalue weighted by Crippen LogP contribution is 2.36. The van der Waals surface area contributed by atoms with Crippen LogP contribution in [0.3, 0.4) is 0 Å². The Balaban J connectivity index is 1.45. The Morgan fingerprint density at radius 2 is 2.08 bits per heavy atom. The number of hydrogen-bond donors (Lipinski definition) is 1. The first kappa shape index (κ1) is 16.7. The van der Waals surface area contributed by atoms with E-state index in [9.17, 15) is 4.79 Å². The van der Waals surface area contributed by atoms with E-state index in [0.717, 1.165) is 42.9 Å². The maximum Gasteiger partial charge on any atom is 0.280 e. The second kappa shape index (κ2) is 7.66. The minimum Gasteiger partial charge on any atom is -0.350 e. The lowest BCUT2D eigenvalue weighted by atomic mass is 10.1. The van der Waals surface area contributed by atoms with E-state index in [4.69, 9.17) is 0 Å². The number of pyridine rings is 1. The summed E-state index contributed by atoms with van der Waals surface area (Å²) in [7, 11) is 0. The summed E-state index contributed by atoms with van der Waals surface area (Å²) < 4.78 is 0. The fourth-order valence-electron chi connectivity index (χ4n) is 3.12. The third kappa shape index (κ3) is 3.60. The van der Waals surface area contributed by atoms with Crippen molar-refractivity contribution in [1.29, 1.82) is 0 Å². The Labute approximate surface area is 156 Å². The molecule has 4 rings (SSSR count). The van der Waals surface area contributed by atoms with Crippen molar-refractivity contribution in [3.63, 3.8) is 0 Å². The molecular weight excluding hydrogens is 344 g/mol. The molecule has 0 saturated heterocycles. The molecule has 1 aliphatic rings. The molecule has 0 bridgehead atoms. The summed E-state index contributed by atoms with van der Waals surface area (Å²) in [6.07, 6.45) is 6.40. The fourth-order valence-corrected chi connectivity index (χ4v) is 4.14. The molecule has 6 heteroatoms. The summed E-state index contributed by atoms with van der Waals surface area (Å²) in [6, 6.07) is 14.2. The lowest BCUT2D eigenvalue weighted by Crippen LogP contribution is -2.26. The minimum atomic E-state index is -0.0960. The molecule has 26 heavy (non-hydrogen) atoms. The van der Waals surface area contributed by atoms with Crippen LogP contribution in [0.5, 0.6) is 0 Å². The Hall–Kier alpha value is -2.73. The van der Waals surface area contributed by atoms with Gasteiger partial charge in [0.25, 0.3) is 5.91 Å². The maximum absolute atomic E-state index is 12.5. The number of anilines is 2. The number of aryl methyl sites for hydroxylation is 1. The van der Waals surface area contributed by atoms with Crippen molar-refractivity contribution in [1.82, 2.24) is 15.3 Å². The third-order valence-corrected chi connectivity index (χ3v) is 5.51. The summed E-state index contributed by atoms with van der Waals surface area (Å²) in [5, 5.41) is 3.52. The first-order valence-electron chi connectivity index (χ1n) is 8.80. The summed E-state index contributed by atoms with van der Waals surface area (Å²) in [6.45, 7) is 1.51. The van der Waals surface area contributed by atoms with Gasteiger partial charge in [-0.05, 0) is 43.0 Å². The van der Waals surface area contributed by atoms with Crippen molar-refractivity contribution in [2.75, 3.05) is 18.0 Å². The Bertz CT molecular complexity index is 879. The van der Waals surface area contributed by atoms with Crippen LogP contribution in [0.4, 0.5) is 11.5 Å². The van der Waals surface area contributed by atoms with E-state index in [1.807, 2.05) is 36.5 Å². The highest BCUT2D eigenvalue weighted by molar-refractivity contribution is 7.14. The smallest absolute Gasteiger partial charge is 0.280 e. The molecule has 0 fully saturated rings. The number of rotatable bonds is 5. The molecule has 1 N–H and O–H groups in total. The van der Waals surface area contributed by atoms with Gasteiger partial charge >= 0.3 is 0 Å². The molecule has 1 amide bonds. The van der Waals surface area contributed by atoms with Gasteiger partial charge in [0.1, 0.15) is 5.82 Å². The van der Waals surface area contributed by atoms with Crippen LogP contribution in [0, 0.1) is 0 Å². The number of nitrogens with zero attached hydrogens (tertiary/aromatic N) is 3. The van der Waals surface area contributed by atoms with Crippen LogP contribution in [0.2, 0.25) is 0 Å².